The van der Waals surface area contributed by atoms with Crippen LogP contribution in [-0.4, -0.2) is 35.2 Å². The van der Waals surface area contributed by atoms with E-state index in [4.69, 9.17) is 10.5 Å². The van der Waals surface area contributed by atoms with E-state index in [1.807, 2.05) is 31.2 Å². The Kier molecular flexibility index (Phi) is 4.47. The second-order valence-corrected chi connectivity index (χ2v) is 4.83. The lowest BCUT2D eigenvalue weighted by atomic mass is 10.2. The minimum atomic E-state index is -0.195. The maximum atomic E-state index is 12.4. The van der Waals surface area contributed by atoms with Crippen molar-refractivity contribution in [2.75, 3.05) is 19.9 Å². The number of methoxy groups -OCH3 is 1. The number of rotatable bonds is 5. The van der Waals surface area contributed by atoms with Crippen LogP contribution in [0.25, 0.3) is 0 Å². The molecule has 2 rings (SSSR count). The number of aromatic nitrogens is 2. The van der Waals surface area contributed by atoms with Gasteiger partial charge in [0.15, 0.2) is 5.69 Å². The van der Waals surface area contributed by atoms with Gasteiger partial charge in [0.1, 0.15) is 5.75 Å². The quantitative estimate of drug-likeness (QED) is 0.879. The molecular weight excluding hydrogens is 268 g/mol. The number of carbonyl (C=O) groups excluding carboxylic acids is 1. The highest BCUT2D eigenvalue weighted by molar-refractivity contribution is 5.97. The van der Waals surface area contributed by atoms with Gasteiger partial charge in [0.2, 0.25) is 0 Å². The number of aromatic amines is 1. The summed E-state index contributed by atoms with van der Waals surface area (Å²) < 4.78 is 5.11. The van der Waals surface area contributed by atoms with E-state index in [0.717, 1.165) is 17.0 Å². The van der Waals surface area contributed by atoms with Gasteiger partial charge in [0.25, 0.3) is 5.91 Å². The second kappa shape index (κ2) is 6.30. The maximum absolute atomic E-state index is 12.4. The number of H-pyrrole nitrogens is 1. The molecule has 1 heterocycles. The van der Waals surface area contributed by atoms with Crippen molar-refractivity contribution in [1.82, 2.24) is 15.1 Å². The molecule has 1 aromatic carbocycles. The molecule has 0 aliphatic rings. The Hall–Kier alpha value is -2.50. The highest BCUT2D eigenvalue weighted by atomic mass is 16.5. The molecule has 0 atom stereocenters. The van der Waals surface area contributed by atoms with Gasteiger partial charge in [-0.25, -0.2) is 0 Å². The summed E-state index contributed by atoms with van der Waals surface area (Å²) in [4.78, 5) is 14.0. The molecule has 0 fully saturated rings. The Bertz CT molecular complexity index is 619. The SMILES string of the molecule is CCc1[nH]nc(C(=O)N(C)Cc2ccc(OC)cc2)c1N. The number of hydrogen-bond donors (Lipinski definition) is 2. The second-order valence-electron chi connectivity index (χ2n) is 4.83. The summed E-state index contributed by atoms with van der Waals surface area (Å²) in [6, 6.07) is 7.58. The van der Waals surface area contributed by atoms with Gasteiger partial charge in [0.05, 0.1) is 18.5 Å². The summed E-state index contributed by atoms with van der Waals surface area (Å²) in [6.07, 6.45) is 0.717. The Morgan fingerprint density at radius 3 is 2.57 bits per heavy atom. The fraction of sp³-hybridized carbons (Fsp3) is 0.333. The van der Waals surface area contributed by atoms with E-state index in [9.17, 15) is 4.79 Å². The lowest BCUT2D eigenvalue weighted by Gasteiger charge is -2.16. The first-order valence-electron chi connectivity index (χ1n) is 6.78. The van der Waals surface area contributed by atoms with Crippen LogP contribution in [0.3, 0.4) is 0 Å². The summed E-state index contributed by atoms with van der Waals surface area (Å²) in [5.41, 5.74) is 8.44. The average molecular weight is 288 g/mol. The molecule has 6 nitrogen and oxygen atoms in total. The largest absolute Gasteiger partial charge is 0.497 e. The Labute approximate surface area is 123 Å². The zero-order valence-corrected chi connectivity index (χ0v) is 12.5. The average Bonchev–Trinajstić information content (AvgIpc) is 2.88. The van der Waals surface area contributed by atoms with Gasteiger partial charge in [-0.05, 0) is 24.1 Å². The van der Waals surface area contributed by atoms with Crippen LogP contribution >= 0.6 is 0 Å². The van der Waals surface area contributed by atoms with E-state index in [1.54, 1.807) is 19.1 Å². The molecule has 0 aliphatic carbocycles. The molecular formula is C15H20N4O2. The van der Waals surface area contributed by atoms with Crippen molar-refractivity contribution >= 4 is 11.6 Å². The number of aryl methyl sites for hydroxylation is 1. The topological polar surface area (TPSA) is 84.2 Å². The zero-order chi connectivity index (χ0) is 15.4. The number of carbonyl (C=O) groups is 1. The summed E-state index contributed by atoms with van der Waals surface area (Å²) >= 11 is 0. The van der Waals surface area contributed by atoms with Gasteiger partial charge < -0.3 is 15.4 Å². The molecule has 21 heavy (non-hydrogen) atoms. The first kappa shape index (κ1) is 14.9. The number of ether oxygens (including phenoxy) is 1. The zero-order valence-electron chi connectivity index (χ0n) is 12.5. The molecule has 0 bridgehead atoms. The van der Waals surface area contributed by atoms with Crippen molar-refractivity contribution < 1.29 is 9.53 Å². The Morgan fingerprint density at radius 2 is 2.05 bits per heavy atom. The standard InChI is InChI=1S/C15H20N4O2/c1-4-12-13(16)14(18-17-12)15(20)19(2)9-10-5-7-11(21-3)8-6-10/h5-8H,4,9,16H2,1-3H3,(H,17,18). The lowest BCUT2D eigenvalue weighted by molar-refractivity contribution is 0.0780. The molecule has 0 unspecified atom stereocenters. The number of nitrogens with zero attached hydrogens (tertiary/aromatic N) is 2. The molecule has 0 aliphatic heterocycles. The molecule has 0 saturated heterocycles. The number of nitrogens with two attached hydrogens (primary N) is 1. The van der Waals surface area contributed by atoms with Gasteiger partial charge in [-0.15, -0.1) is 0 Å². The van der Waals surface area contributed by atoms with Gasteiger partial charge in [-0.1, -0.05) is 19.1 Å². The molecule has 0 saturated carbocycles. The van der Waals surface area contributed by atoms with Crippen molar-refractivity contribution in [3.05, 3.63) is 41.2 Å². The van der Waals surface area contributed by atoms with Crippen LogP contribution in [0.4, 0.5) is 5.69 Å². The molecule has 1 aromatic heterocycles. The van der Waals surface area contributed by atoms with Crippen molar-refractivity contribution in [3.63, 3.8) is 0 Å². The van der Waals surface area contributed by atoms with Gasteiger partial charge in [0, 0.05) is 13.6 Å². The van der Waals surface area contributed by atoms with E-state index < -0.39 is 0 Å². The van der Waals surface area contributed by atoms with E-state index in [0.29, 0.717) is 18.7 Å². The monoisotopic (exact) mass is 288 g/mol. The van der Waals surface area contributed by atoms with Crippen LogP contribution in [0.1, 0.15) is 28.7 Å². The minimum Gasteiger partial charge on any atom is -0.497 e. The first-order chi connectivity index (χ1) is 10.1. The van der Waals surface area contributed by atoms with Gasteiger partial charge in [-0.2, -0.15) is 5.10 Å². The number of nitrogen functional groups attached to an aromatic ring is 1. The third-order valence-corrected chi connectivity index (χ3v) is 3.36. The molecule has 6 heteroatoms. The van der Waals surface area contributed by atoms with Crippen LogP contribution in [0.15, 0.2) is 24.3 Å². The highest BCUT2D eigenvalue weighted by Crippen LogP contribution is 2.18. The fourth-order valence-electron chi connectivity index (χ4n) is 2.08. The summed E-state index contributed by atoms with van der Waals surface area (Å²) in [6.45, 7) is 2.44. The number of amides is 1. The predicted octanol–water partition coefficient (Wildman–Crippen LogP) is 1.84. The third-order valence-electron chi connectivity index (χ3n) is 3.36. The molecule has 0 radical (unpaired) electrons. The van der Waals surface area contributed by atoms with Crippen LogP contribution < -0.4 is 10.5 Å². The minimum absolute atomic E-state index is 0.195. The van der Waals surface area contributed by atoms with E-state index in [1.165, 1.54) is 0 Å². The van der Waals surface area contributed by atoms with Crippen LogP contribution in [0, 0.1) is 0 Å². The number of nitrogens with one attached hydrogen (secondary N) is 1. The molecule has 2 aromatic rings. The van der Waals surface area contributed by atoms with E-state index >= 15 is 0 Å². The fourth-order valence-corrected chi connectivity index (χ4v) is 2.08. The Balaban J connectivity index is 2.09. The van der Waals surface area contributed by atoms with Crippen LogP contribution in [0.2, 0.25) is 0 Å². The summed E-state index contributed by atoms with van der Waals surface area (Å²) in [5, 5.41) is 6.81. The van der Waals surface area contributed by atoms with E-state index in [2.05, 4.69) is 10.2 Å². The molecule has 3 N–H and O–H groups in total. The predicted molar refractivity (Wildman–Crippen MR) is 81.2 cm³/mol. The lowest BCUT2D eigenvalue weighted by Crippen LogP contribution is -2.27. The van der Waals surface area contributed by atoms with Crippen LogP contribution in [0.5, 0.6) is 5.75 Å². The smallest absolute Gasteiger partial charge is 0.276 e. The molecule has 1 amide bonds. The first-order valence-corrected chi connectivity index (χ1v) is 6.78. The van der Waals surface area contributed by atoms with Crippen molar-refractivity contribution in [3.8, 4) is 5.75 Å². The number of hydrogen-bond acceptors (Lipinski definition) is 4. The summed E-state index contributed by atoms with van der Waals surface area (Å²) in [5.74, 6) is 0.594. The van der Waals surface area contributed by atoms with Gasteiger partial charge in [-0.3, -0.25) is 9.89 Å². The van der Waals surface area contributed by atoms with Crippen molar-refractivity contribution in [1.29, 1.82) is 0 Å². The normalized spacial score (nSPS) is 10.4. The van der Waals surface area contributed by atoms with Crippen LogP contribution in [-0.2, 0) is 13.0 Å². The molecule has 112 valence electrons. The summed E-state index contributed by atoms with van der Waals surface area (Å²) in [7, 11) is 3.35. The number of benzene rings is 1. The maximum Gasteiger partial charge on any atom is 0.276 e. The van der Waals surface area contributed by atoms with E-state index in [-0.39, 0.29) is 11.6 Å². The van der Waals surface area contributed by atoms with Crippen molar-refractivity contribution in [2.45, 2.75) is 19.9 Å². The van der Waals surface area contributed by atoms with Crippen molar-refractivity contribution in [2.24, 2.45) is 0 Å². The Morgan fingerprint density at radius 1 is 1.38 bits per heavy atom. The van der Waals surface area contributed by atoms with Gasteiger partial charge >= 0.3 is 0 Å². The number of anilines is 1. The third kappa shape index (κ3) is 3.16. The highest BCUT2D eigenvalue weighted by Gasteiger charge is 2.20. The molecule has 0 spiro atoms.